The number of hydrogen-bond donors (Lipinski definition) is 1. The van der Waals surface area contributed by atoms with Gasteiger partial charge >= 0.3 is 6.18 Å². The third-order valence-electron chi connectivity index (χ3n) is 3.08. The van der Waals surface area contributed by atoms with Gasteiger partial charge in [0.05, 0.1) is 0 Å². The van der Waals surface area contributed by atoms with Crippen LogP contribution in [0.4, 0.5) is 19.1 Å². The Hall–Kier alpha value is -1.37. The molecule has 1 aromatic heterocycles. The smallest absolute Gasteiger partial charge is 0.341 e. The minimum absolute atomic E-state index is 0.157. The molecule has 0 bridgehead atoms. The summed E-state index contributed by atoms with van der Waals surface area (Å²) < 4.78 is 37.6. The monoisotopic (exact) mass is 260 g/mol. The quantitative estimate of drug-likeness (QED) is 0.898. The second-order valence-electron chi connectivity index (χ2n) is 4.42. The van der Waals surface area contributed by atoms with Gasteiger partial charge in [0.2, 0.25) is 5.95 Å². The van der Waals surface area contributed by atoms with Crippen molar-refractivity contribution in [1.29, 1.82) is 0 Å². The molecule has 100 valence electrons. The first-order valence-electron chi connectivity index (χ1n) is 5.86. The van der Waals surface area contributed by atoms with E-state index in [4.69, 9.17) is 5.73 Å². The van der Waals surface area contributed by atoms with Gasteiger partial charge in [0.1, 0.15) is 5.69 Å². The minimum Gasteiger partial charge on any atom is -0.341 e. The molecule has 4 nitrogen and oxygen atoms in total. The Balaban J connectivity index is 2.10. The predicted octanol–water partition coefficient (Wildman–Crippen LogP) is 1.67. The van der Waals surface area contributed by atoms with Crippen LogP contribution in [0.15, 0.2) is 12.3 Å². The summed E-state index contributed by atoms with van der Waals surface area (Å²) in [5, 5.41) is 0. The predicted molar refractivity (Wildman–Crippen MR) is 61.0 cm³/mol. The minimum atomic E-state index is -4.42. The van der Waals surface area contributed by atoms with Gasteiger partial charge in [0.25, 0.3) is 0 Å². The largest absolute Gasteiger partial charge is 0.433 e. The van der Waals surface area contributed by atoms with Crippen molar-refractivity contribution in [2.45, 2.75) is 19.0 Å². The van der Waals surface area contributed by atoms with Gasteiger partial charge in [-0.05, 0) is 31.4 Å². The fourth-order valence-corrected chi connectivity index (χ4v) is 2.14. The van der Waals surface area contributed by atoms with Crippen molar-refractivity contribution >= 4 is 5.95 Å². The van der Waals surface area contributed by atoms with Crippen LogP contribution in [0.3, 0.4) is 0 Å². The molecule has 2 rings (SSSR count). The van der Waals surface area contributed by atoms with Gasteiger partial charge < -0.3 is 10.6 Å². The van der Waals surface area contributed by atoms with Crippen LogP contribution in [0.1, 0.15) is 18.5 Å². The summed E-state index contributed by atoms with van der Waals surface area (Å²) in [4.78, 5) is 9.28. The van der Waals surface area contributed by atoms with E-state index in [0.717, 1.165) is 25.1 Å². The molecule has 0 aromatic carbocycles. The Bertz CT molecular complexity index is 408. The van der Waals surface area contributed by atoms with E-state index >= 15 is 0 Å². The number of rotatable bonds is 3. The maximum Gasteiger partial charge on any atom is 0.433 e. The lowest BCUT2D eigenvalue weighted by Gasteiger charge is -2.17. The molecule has 0 saturated carbocycles. The highest BCUT2D eigenvalue weighted by atomic mass is 19.4. The van der Waals surface area contributed by atoms with Crippen LogP contribution in [-0.4, -0.2) is 29.6 Å². The maximum absolute atomic E-state index is 12.5. The summed E-state index contributed by atoms with van der Waals surface area (Å²) in [5.41, 5.74) is 4.58. The molecule has 2 heterocycles. The summed E-state index contributed by atoms with van der Waals surface area (Å²) in [7, 11) is 0. The number of nitrogens with zero attached hydrogens (tertiary/aromatic N) is 3. The average molecular weight is 260 g/mol. The Labute approximate surface area is 103 Å². The van der Waals surface area contributed by atoms with Gasteiger partial charge in [-0.2, -0.15) is 13.2 Å². The van der Waals surface area contributed by atoms with Crippen LogP contribution < -0.4 is 10.6 Å². The second kappa shape index (κ2) is 5.09. The topological polar surface area (TPSA) is 55.0 Å². The SMILES string of the molecule is NCCC1CCN(c2nccc(C(F)(F)F)n2)C1. The van der Waals surface area contributed by atoms with Crippen molar-refractivity contribution in [2.75, 3.05) is 24.5 Å². The van der Waals surface area contributed by atoms with Crippen LogP contribution in [0, 0.1) is 5.92 Å². The zero-order chi connectivity index (χ0) is 13.2. The highest BCUT2D eigenvalue weighted by Gasteiger charge is 2.34. The fourth-order valence-electron chi connectivity index (χ4n) is 2.14. The van der Waals surface area contributed by atoms with E-state index in [1.807, 2.05) is 0 Å². The van der Waals surface area contributed by atoms with E-state index in [9.17, 15) is 13.2 Å². The third-order valence-corrected chi connectivity index (χ3v) is 3.08. The first-order chi connectivity index (χ1) is 8.50. The Morgan fingerprint density at radius 1 is 1.44 bits per heavy atom. The highest BCUT2D eigenvalue weighted by molar-refractivity contribution is 5.32. The Morgan fingerprint density at radius 2 is 2.22 bits per heavy atom. The molecule has 0 radical (unpaired) electrons. The van der Waals surface area contributed by atoms with E-state index in [1.165, 1.54) is 0 Å². The molecular formula is C11H15F3N4. The molecule has 1 atom stereocenters. The molecule has 1 saturated heterocycles. The number of halogens is 3. The van der Waals surface area contributed by atoms with Crippen LogP contribution in [0.5, 0.6) is 0 Å². The highest BCUT2D eigenvalue weighted by Crippen LogP contribution is 2.29. The van der Waals surface area contributed by atoms with Crippen LogP contribution >= 0.6 is 0 Å². The molecule has 2 N–H and O–H groups in total. The molecule has 0 spiro atoms. The van der Waals surface area contributed by atoms with Gasteiger partial charge in [-0.15, -0.1) is 0 Å². The zero-order valence-electron chi connectivity index (χ0n) is 9.82. The number of aromatic nitrogens is 2. The van der Waals surface area contributed by atoms with E-state index in [1.54, 1.807) is 4.90 Å². The van der Waals surface area contributed by atoms with Gasteiger partial charge in [-0.3, -0.25) is 0 Å². The first kappa shape index (κ1) is 13.1. The van der Waals surface area contributed by atoms with E-state index in [0.29, 0.717) is 25.6 Å². The molecule has 1 aromatic rings. The molecule has 0 aliphatic carbocycles. The van der Waals surface area contributed by atoms with Crippen LogP contribution in [-0.2, 0) is 6.18 Å². The number of hydrogen-bond acceptors (Lipinski definition) is 4. The van der Waals surface area contributed by atoms with Crippen molar-refractivity contribution in [2.24, 2.45) is 11.7 Å². The summed E-state index contributed by atoms with van der Waals surface area (Å²) in [6, 6.07) is 0.886. The molecule has 1 aliphatic rings. The zero-order valence-corrected chi connectivity index (χ0v) is 9.82. The number of nitrogens with two attached hydrogens (primary N) is 1. The molecule has 1 unspecified atom stereocenters. The number of anilines is 1. The van der Waals surface area contributed by atoms with Crippen molar-refractivity contribution in [3.8, 4) is 0 Å². The Kier molecular flexibility index (Phi) is 3.70. The van der Waals surface area contributed by atoms with Crippen LogP contribution in [0.2, 0.25) is 0 Å². The molecule has 7 heteroatoms. The lowest BCUT2D eigenvalue weighted by Crippen LogP contribution is -2.24. The van der Waals surface area contributed by atoms with Gasteiger partial charge in [0.15, 0.2) is 0 Å². The van der Waals surface area contributed by atoms with Gasteiger partial charge in [0, 0.05) is 19.3 Å². The van der Waals surface area contributed by atoms with Crippen LogP contribution in [0.25, 0.3) is 0 Å². The third kappa shape index (κ3) is 2.90. The van der Waals surface area contributed by atoms with E-state index < -0.39 is 11.9 Å². The standard InChI is InChI=1S/C11H15F3N4/c12-11(13,14)9-2-5-16-10(17-9)18-6-3-8(7-18)1-4-15/h2,5,8H,1,3-4,6-7,15H2. The molecule has 18 heavy (non-hydrogen) atoms. The summed E-state index contributed by atoms with van der Waals surface area (Å²) >= 11 is 0. The summed E-state index contributed by atoms with van der Waals surface area (Å²) in [5.74, 6) is 0.581. The lowest BCUT2D eigenvalue weighted by molar-refractivity contribution is -0.141. The average Bonchev–Trinajstić information content (AvgIpc) is 2.77. The van der Waals surface area contributed by atoms with Gasteiger partial charge in [-0.1, -0.05) is 0 Å². The lowest BCUT2D eigenvalue weighted by atomic mass is 10.1. The molecule has 0 amide bonds. The normalized spacial score (nSPS) is 20.4. The van der Waals surface area contributed by atoms with Crippen molar-refractivity contribution in [3.63, 3.8) is 0 Å². The summed E-state index contributed by atoms with van der Waals surface area (Å²) in [6.45, 7) is 1.96. The van der Waals surface area contributed by atoms with Crippen molar-refractivity contribution in [1.82, 2.24) is 9.97 Å². The van der Waals surface area contributed by atoms with Gasteiger partial charge in [-0.25, -0.2) is 9.97 Å². The fraction of sp³-hybridized carbons (Fsp3) is 0.636. The molecule has 1 aliphatic heterocycles. The van der Waals surface area contributed by atoms with E-state index in [2.05, 4.69) is 9.97 Å². The number of alkyl halides is 3. The molecular weight excluding hydrogens is 245 g/mol. The second-order valence-corrected chi connectivity index (χ2v) is 4.42. The molecule has 1 fully saturated rings. The van der Waals surface area contributed by atoms with Crippen molar-refractivity contribution in [3.05, 3.63) is 18.0 Å². The maximum atomic E-state index is 12.5. The Morgan fingerprint density at radius 3 is 2.89 bits per heavy atom. The first-order valence-corrected chi connectivity index (χ1v) is 5.86. The summed E-state index contributed by atoms with van der Waals surface area (Å²) in [6.07, 6.45) is -1.46. The van der Waals surface area contributed by atoms with E-state index in [-0.39, 0.29) is 5.95 Å². The van der Waals surface area contributed by atoms with Crippen molar-refractivity contribution < 1.29 is 13.2 Å².